The Hall–Kier alpha value is -2.35. The first-order valence-corrected chi connectivity index (χ1v) is 9.36. The molecule has 1 fully saturated rings. The van der Waals surface area contributed by atoms with Crippen molar-refractivity contribution >= 4 is 21.8 Å². The molecule has 0 aliphatic carbocycles. The third kappa shape index (κ3) is 4.35. The van der Waals surface area contributed by atoms with Crippen LogP contribution >= 0.6 is 0 Å². The predicted molar refractivity (Wildman–Crippen MR) is 87.8 cm³/mol. The Labute approximate surface area is 141 Å². The second-order valence-electron chi connectivity index (χ2n) is 5.45. The molecule has 0 N–H and O–H groups in total. The third-order valence-electron chi connectivity index (χ3n) is 3.56. The van der Waals surface area contributed by atoms with Gasteiger partial charge in [0.05, 0.1) is 11.3 Å². The van der Waals surface area contributed by atoms with Crippen molar-refractivity contribution in [2.24, 2.45) is 0 Å². The number of nitrogens with zero attached hydrogens (tertiary/aromatic N) is 2. The molecule has 0 unspecified atom stereocenters. The molecule has 0 radical (unpaired) electrons. The van der Waals surface area contributed by atoms with Gasteiger partial charge in [0.15, 0.2) is 9.84 Å². The summed E-state index contributed by atoms with van der Waals surface area (Å²) in [5.74, 6) is -0.241. The molecule has 7 nitrogen and oxygen atoms in total. The Balaban J connectivity index is 2.03. The van der Waals surface area contributed by atoms with Gasteiger partial charge in [0.1, 0.15) is 6.61 Å². The van der Waals surface area contributed by atoms with Crippen LogP contribution in [-0.4, -0.2) is 56.4 Å². The number of rotatable bonds is 5. The van der Waals surface area contributed by atoms with Crippen LogP contribution in [0.1, 0.15) is 12.0 Å². The summed E-state index contributed by atoms with van der Waals surface area (Å²) in [7, 11) is -3.27. The normalized spacial score (nSPS) is 14.5. The van der Waals surface area contributed by atoms with Gasteiger partial charge in [-0.15, -0.1) is 0 Å². The van der Waals surface area contributed by atoms with Crippen LogP contribution < -0.4 is 0 Å². The van der Waals surface area contributed by atoms with Crippen LogP contribution in [0.4, 0.5) is 4.79 Å². The van der Waals surface area contributed by atoms with E-state index in [1.807, 2.05) is 0 Å². The van der Waals surface area contributed by atoms with E-state index < -0.39 is 15.9 Å². The molecule has 1 aromatic carbocycles. The number of amides is 2. The number of carbonyl (C=O) groups is 2. The average molecular weight is 352 g/mol. The van der Waals surface area contributed by atoms with Crippen LogP contribution in [0.15, 0.2) is 41.8 Å². The third-order valence-corrected chi connectivity index (χ3v) is 4.69. The summed E-state index contributed by atoms with van der Waals surface area (Å²) in [6.07, 6.45) is 2.78. The van der Waals surface area contributed by atoms with Crippen molar-refractivity contribution in [2.75, 3.05) is 26.0 Å². The molecule has 1 aliphatic heterocycles. The molecular weight excluding hydrogens is 332 g/mol. The predicted octanol–water partition coefficient (Wildman–Crippen LogP) is 1.40. The van der Waals surface area contributed by atoms with Gasteiger partial charge in [-0.2, -0.15) is 0 Å². The molecule has 8 heteroatoms. The fraction of sp³-hybridized carbons (Fsp3) is 0.375. The molecule has 1 heterocycles. The summed E-state index contributed by atoms with van der Waals surface area (Å²) >= 11 is 0. The van der Waals surface area contributed by atoms with Crippen LogP contribution in [0.3, 0.4) is 0 Å². The van der Waals surface area contributed by atoms with Crippen molar-refractivity contribution in [3.05, 3.63) is 42.5 Å². The SMILES string of the molecule is C=CCOC(=O)N1CCCN1C(=O)Cc1ccc(S(C)(=O)=O)cc1. The first-order chi connectivity index (χ1) is 11.3. The Morgan fingerprint density at radius 2 is 1.83 bits per heavy atom. The zero-order chi connectivity index (χ0) is 17.7. The lowest BCUT2D eigenvalue weighted by molar-refractivity contribution is -0.140. The Kier molecular flexibility index (Phi) is 5.61. The van der Waals surface area contributed by atoms with Gasteiger partial charge in [0, 0.05) is 19.3 Å². The Bertz CT molecular complexity index is 727. The lowest BCUT2D eigenvalue weighted by Crippen LogP contribution is -2.45. The van der Waals surface area contributed by atoms with Crippen molar-refractivity contribution in [3.8, 4) is 0 Å². The fourth-order valence-corrected chi connectivity index (χ4v) is 3.02. The van der Waals surface area contributed by atoms with E-state index in [2.05, 4.69) is 6.58 Å². The van der Waals surface area contributed by atoms with Gasteiger partial charge in [0.25, 0.3) is 0 Å². The highest BCUT2D eigenvalue weighted by Gasteiger charge is 2.31. The highest BCUT2D eigenvalue weighted by molar-refractivity contribution is 7.90. The molecule has 1 saturated heterocycles. The molecular formula is C16H20N2O5S. The molecule has 0 saturated carbocycles. The fourth-order valence-electron chi connectivity index (χ4n) is 2.39. The first kappa shape index (κ1) is 18.0. The zero-order valence-corrected chi connectivity index (χ0v) is 14.3. The smallest absolute Gasteiger partial charge is 0.429 e. The maximum Gasteiger partial charge on any atom is 0.429 e. The Morgan fingerprint density at radius 1 is 1.21 bits per heavy atom. The van der Waals surface area contributed by atoms with Gasteiger partial charge in [0.2, 0.25) is 5.91 Å². The van der Waals surface area contributed by atoms with E-state index in [9.17, 15) is 18.0 Å². The maximum atomic E-state index is 12.4. The zero-order valence-electron chi connectivity index (χ0n) is 13.5. The van der Waals surface area contributed by atoms with E-state index in [1.165, 1.54) is 28.2 Å². The van der Waals surface area contributed by atoms with Gasteiger partial charge in [-0.05, 0) is 24.1 Å². The summed E-state index contributed by atoms with van der Waals surface area (Å²) in [5.41, 5.74) is 0.679. The van der Waals surface area contributed by atoms with Crippen LogP contribution in [-0.2, 0) is 25.8 Å². The molecule has 1 aromatic rings. The van der Waals surface area contributed by atoms with Gasteiger partial charge < -0.3 is 4.74 Å². The quantitative estimate of drug-likeness (QED) is 0.748. The molecule has 0 spiro atoms. The molecule has 2 rings (SSSR count). The standard InChI is InChI=1S/C16H20N2O5S/c1-3-11-23-16(20)18-10-4-9-17(18)15(19)12-13-5-7-14(8-6-13)24(2,21)22/h3,5-8H,1,4,9-12H2,2H3. The van der Waals surface area contributed by atoms with Crippen molar-refractivity contribution in [1.82, 2.24) is 10.0 Å². The molecule has 0 bridgehead atoms. The van der Waals surface area contributed by atoms with E-state index >= 15 is 0 Å². The lowest BCUT2D eigenvalue weighted by atomic mass is 10.1. The number of hydrogen-bond donors (Lipinski definition) is 0. The summed E-state index contributed by atoms with van der Waals surface area (Å²) in [6, 6.07) is 6.14. The number of hydrogen-bond acceptors (Lipinski definition) is 5. The molecule has 24 heavy (non-hydrogen) atoms. The topological polar surface area (TPSA) is 84.0 Å². The van der Waals surface area contributed by atoms with Gasteiger partial charge >= 0.3 is 6.09 Å². The van der Waals surface area contributed by atoms with Crippen LogP contribution in [0.5, 0.6) is 0 Å². The van der Waals surface area contributed by atoms with Gasteiger partial charge in [-0.1, -0.05) is 24.8 Å². The summed E-state index contributed by atoms with van der Waals surface area (Å²) in [6.45, 7) is 4.44. The summed E-state index contributed by atoms with van der Waals surface area (Å²) < 4.78 is 27.8. The lowest BCUT2D eigenvalue weighted by Gasteiger charge is -2.27. The minimum atomic E-state index is -3.27. The second kappa shape index (κ2) is 7.48. The van der Waals surface area contributed by atoms with Gasteiger partial charge in [-0.25, -0.2) is 23.2 Å². The maximum absolute atomic E-state index is 12.4. The number of hydrazine groups is 1. The molecule has 0 aromatic heterocycles. The van der Waals surface area contributed by atoms with E-state index in [0.29, 0.717) is 25.1 Å². The van der Waals surface area contributed by atoms with Crippen molar-refractivity contribution < 1.29 is 22.7 Å². The van der Waals surface area contributed by atoms with Crippen LogP contribution in [0.2, 0.25) is 0 Å². The molecule has 1 aliphatic rings. The van der Waals surface area contributed by atoms with E-state index in [1.54, 1.807) is 12.1 Å². The van der Waals surface area contributed by atoms with E-state index in [0.717, 1.165) is 6.26 Å². The Morgan fingerprint density at radius 3 is 2.42 bits per heavy atom. The minimum absolute atomic E-state index is 0.0787. The number of benzene rings is 1. The van der Waals surface area contributed by atoms with Crippen molar-refractivity contribution in [2.45, 2.75) is 17.7 Å². The van der Waals surface area contributed by atoms with Crippen LogP contribution in [0, 0.1) is 0 Å². The highest BCUT2D eigenvalue weighted by atomic mass is 32.2. The number of carbonyl (C=O) groups excluding carboxylic acids is 2. The minimum Gasteiger partial charge on any atom is -0.444 e. The highest BCUT2D eigenvalue weighted by Crippen LogP contribution is 2.16. The molecule has 2 amide bonds. The molecule has 0 atom stereocenters. The monoisotopic (exact) mass is 352 g/mol. The van der Waals surface area contributed by atoms with Crippen molar-refractivity contribution in [3.63, 3.8) is 0 Å². The summed E-state index contributed by atoms with van der Waals surface area (Å²) in [5, 5.41) is 2.66. The van der Waals surface area contributed by atoms with E-state index in [-0.39, 0.29) is 23.8 Å². The van der Waals surface area contributed by atoms with Crippen LogP contribution in [0.25, 0.3) is 0 Å². The largest absolute Gasteiger partial charge is 0.444 e. The average Bonchev–Trinajstić information content (AvgIpc) is 3.02. The number of sulfone groups is 1. The number of ether oxygens (including phenoxy) is 1. The first-order valence-electron chi connectivity index (χ1n) is 7.47. The second-order valence-corrected chi connectivity index (χ2v) is 7.47. The van der Waals surface area contributed by atoms with E-state index in [4.69, 9.17) is 4.74 Å². The van der Waals surface area contributed by atoms with Gasteiger partial charge in [-0.3, -0.25) is 4.79 Å². The van der Waals surface area contributed by atoms with Crippen molar-refractivity contribution in [1.29, 1.82) is 0 Å². The molecule has 130 valence electrons. The summed E-state index contributed by atoms with van der Waals surface area (Å²) in [4.78, 5) is 24.5.